The van der Waals surface area contributed by atoms with Gasteiger partial charge in [0.15, 0.2) is 5.82 Å². The number of carbonyl (C=O) groups excluding carboxylic acids is 1. The van der Waals surface area contributed by atoms with E-state index in [0.717, 1.165) is 59.8 Å². The van der Waals surface area contributed by atoms with Crippen molar-refractivity contribution in [3.8, 4) is 22.6 Å². The maximum atomic E-state index is 11.7. The second kappa shape index (κ2) is 9.22. The summed E-state index contributed by atoms with van der Waals surface area (Å²) in [5.41, 5.74) is 6.38. The third kappa shape index (κ3) is 4.61. The number of hydrogen-bond acceptors (Lipinski definition) is 8. The Balaban J connectivity index is 1.29. The van der Waals surface area contributed by atoms with Gasteiger partial charge in [-0.25, -0.2) is 24.7 Å². The molecule has 8 heteroatoms. The lowest BCUT2D eigenvalue weighted by molar-refractivity contribution is 0.0600. The highest BCUT2D eigenvalue weighted by Gasteiger charge is 2.19. The molecule has 0 atom stereocenters. The number of pyridine rings is 1. The summed E-state index contributed by atoms with van der Waals surface area (Å²) in [6.07, 6.45) is 7.72. The van der Waals surface area contributed by atoms with Crippen molar-refractivity contribution in [2.75, 3.05) is 13.7 Å². The van der Waals surface area contributed by atoms with Crippen LogP contribution in [0.5, 0.6) is 0 Å². The van der Waals surface area contributed by atoms with Gasteiger partial charge in [0.2, 0.25) is 0 Å². The molecule has 5 rings (SSSR count). The topological polar surface area (TPSA) is 94.0 Å². The predicted molar refractivity (Wildman–Crippen MR) is 122 cm³/mol. The molecule has 164 valence electrons. The zero-order valence-electron chi connectivity index (χ0n) is 18.2. The summed E-state index contributed by atoms with van der Waals surface area (Å²) in [6.45, 7) is 2.41. The van der Waals surface area contributed by atoms with Gasteiger partial charge < -0.3 is 4.74 Å². The van der Waals surface area contributed by atoms with Crippen LogP contribution < -0.4 is 0 Å². The number of ether oxygens (including phenoxy) is 1. The van der Waals surface area contributed by atoms with Crippen LogP contribution in [0.4, 0.5) is 0 Å². The van der Waals surface area contributed by atoms with E-state index >= 15 is 0 Å². The Morgan fingerprint density at radius 3 is 2.61 bits per heavy atom. The fourth-order valence-corrected chi connectivity index (χ4v) is 3.92. The zero-order chi connectivity index (χ0) is 22.6. The summed E-state index contributed by atoms with van der Waals surface area (Å²) in [5, 5.41) is 0. The molecule has 4 aromatic rings. The van der Waals surface area contributed by atoms with Gasteiger partial charge in [0.05, 0.1) is 35.3 Å². The average Bonchev–Trinajstić information content (AvgIpc) is 2.88. The standard InChI is InChI=1S/C25H22N6O2/c1-33-25(32)18-7-5-17(6-8-18)22-4-2-3-21(29-22)15-31-10-9-23-20(14-31)13-28-24(30-23)19-11-26-16-27-12-19/h2-8,11-13,16H,9-10,14-15H2,1H3. The molecule has 0 radical (unpaired) electrons. The molecule has 0 amide bonds. The van der Waals surface area contributed by atoms with Crippen LogP contribution in [0.25, 0.3) is 22.6 Å². The molecular formula is C25H22N6O2. The Morgan fingerprint density at radius 2 is 1.82 bits per heavy atom. The molecule has 0 saturated heterocycles. The third-order valence-electron chi connectivity index (χ3n) is 5.63. The number of methoxy groups -OCH3 is 1. The first-order valence-electron chi connectivity index (χ1n) is 10.7. The van der Waals surface area contributed by atoms with Crippen LogP contribution in [0.3, 0.4) is 0 Å². The molecule has 1 aromatic carbocycles. The van der Waals surface area contributed by atoms with E-state index in [0.29, 0.717) is 11.4 Å². The highest BCUT2D eigenvalue weighted by Crippen LogP contribution is 2.23. The van der Waals surface area contributed by atoms with E-state index in [1.807, 2.05) is 36.5 Å². The minimum absolute atomic E-state index is 0.346. The summed E-state index contributed by atoms with van der Waals surface area (Å²) >= 11 is 0. The normalized spacial score (nSPS) is 13.4. The minimum atomic E-state index is -0.346. The minimum Gasteiger partial charge on any atom is -0.465 e. The van der Waals surface area contributed by atoms with Crippen molar-refractivity contribution in [2.24, 2.45) is 0 Å². The molecule has 1 aliphatic heterocycles. The fourth-order valence-electron chi connectivity index (χ4n) is 3.92. The lowest BCUT2D eigenvalue weighted by atomic mass is 10.1. The third-order valence-corrected chi connectivity index (χ3v) is 5.63. The first kappa shape index (κ1) is 20.8. The summed E-state index contributed by atoms with van der Waals surface area (Å²) < 4.78 is 4.76. The molecule has 33 heavy (non-hydrogen) atoms. The van der Waals surface area contributed by atoms with Crippen molar-refractivity contribution >= 4 is 5.97 Å². The molecule has 0 aliphatic carbocycles. The number of esters is 1. The molecular weight excluding hydrogens is 416 g/mol. The summed E-state index contributed by atoms with van der Waals surface area (Å²) in [6, 6.07) is 13.3. The van der Waals surface area contributed by atoms with Crippen molar-refractivity contribution in [1.82, 2.24) is 29.8 Å². The first-order valence-corrected chi connectivity index (χ1v) is 10.7. The van der Waals surface area contributed by atoms with E-state index in [2.05, 4.69) is 19.9 Å². The first-order chi connectivity index (χ1) is 16.2. The quantitative estimate of drug-likeness (QED) is 0.438. The number of benzene rings is 1. The maximum absolute atomic E-state index is 11.7. The van der Waals surface area contributed by atoms with E-state index in [1.54, 1.807) is 24.5 Å². The number of carbonyl (C=O) groups is 1. The molecule has 8 nitrogen and oxygen atoms in total. The van der Waals surface area contributed by atoms with Crippen molar-refractivity contribution in [3.05, 3.63) is 89.9 Å². The summed E-state index contributed by atoms with van der Waals surface area (Å²) in [7, 11) is 1.38. The molecule has 0 spiro atoms. The van der Waals surface area contributed by atoms with Crippen LogP contribution in [0.15, 0.2) is 67.4 Å². The Labute approximate surface area is 191 Å². The lowest BCUT2D eigenvalue weighted by Gasteiger charge is -2.27. The van der Waals surface area contributed by atoms with Gasteiger partial charge in [0, 0.05) is 55.8 Å². The number of aromatic nitrogens is 5. The van der Waals surface area contributed by atoms with Crippen LogP contribution in [0.1, 0.15) is 27.3 Å². The Bertz CT molecular complexity index is 1280. The highest BCUT2D eigenvalue weighted by atomic mass is 16.5. The van der Waals surface area contributed by atoms with E-state index in [1.165, 1.54) is 13.4 Å². The molecule has 4 heterocycles. The van der Waals surface area contributed by atoms with Crippen molar-refractivity contribution in [2.45, 2.75) is 19.5 Å². The van der Waals surface area contributed by atoms with Crippen LogP contribution in [-0.4, -0.2) is 49.4 Å². The molecule has 0 bridgehead atoms. The largest absolute Gasteiger partial charge is 0.465 e. The smallest absolute Gasteiger partial charge is 0.337 e. The Kier molecular flexibility index (Phi) is 5.82. The Hall–Kier alpha value is -4.04. The number of rotatable bonds is 5. The maximum Gasteiger partial charge on any atom is 0.337 e. The van der Waals surface area contributed by atoms with E-state index in [-0.39, 0.29) is 5.97 Å². The van der Waals surface area contributed by atoms with Gasteiger partial charge in [-0.3, -0.25) is 9.88 Å². The second-order valence-corrected chi connectivity index (χ2v) is 7.84. The second-order valence-electron chi connectivity index (χ2n) is 7.84. The average molecular weight is 438 g/mol. The molecule has 0 fully saturated rings. The van der Waals surface area contributed by atoms with Gasteiger partial charge in [0.1, 0.15) is 6.33 Å². The number of fused-ring (bicyclic) bond motifs is 1. The van der Waals surface area contributed by atoms with Crippen LogP contribution in [0.2, 0.25) is 0 Å². The number of nitrogens with zero attached hydrogens (tertiary/aromatic N) is 6. The molecule has 0 N–H and O–H groups in total. The van der Waals surface area contributed by atoms with Gasteiger partial charge in [0.25, 0.3) is 0 Å². The fraction of sp³-hybridized carbons (Fsp3) is 0.200. The van der Waals surface area contributed by atoms with Crippen molar-refractivity contribution in [1.29, 1.82) is 0 Å². The van der Waals surface area contributed by atoms with Gasteiger partial charge in [-0.05, 0) is 24.3 Å². The summed E-state index contributed by atoms with van der Waals surface area (Å²) in [4.78, 5) is 36.2. The molecule has 0 saturated carbocycles. The van der Waals surface area contributed by atoms with Crippen LogP contribution in [0, 0.1) is 0 Å². The van der Waals surface area contributed by atoms with E-state index < -0.39 is 0 Å². The van der Waals surface area contributed by atoms with Crippen molar-refractivity contribution < 1.29 is 9.53 Å². The predicted octanol–water partition coefficient (Wildman–Crippen LogP) is 3.34. The Morgan fingerprint density at radius 1 is 1.00 bits per heavy atom. The highest BCUT2D eigenvalue weighted by molar-refractivity contribution is 5.89. The lowest BCUT2D eigenvalue weighted by Crippen LogP contribution is -2.31. The van der Waals surface area contributed by atoms with Crippen LogP contribution in [-0.2, 0) is 24.2 Å². The zero-order valence-corrected chi connectivity index (χ0v) is 18.2. The van der Waals surface area contributed by atoms with Gasteiger partial charge >= 0.3 is 5.97 Å². The SMILES string of the molecule is COC(=O)c1ccc(-c2cccc(CN3CCc4nc(-c5cncnc5)ncc4C3)n2)cc1. The van der Waals surface area contributed by atoms with E-state index in [9.17, 15) is 4.79 Å². The van der Waals surface area contributed by atoms with Gasteiger partial charge in [-0.2, -0.15) is 0 Å². The molecule has 0 unspecified atom stereocenters. The van der Waals surface area contributed by atoms with E-state index in [4.69, 9.17) is 14.7 Å². The van der Waals surface area contributed by atoms with Gasteiger partial charge in [-0.15, -0.1) is 0 Å². The monoisotopic (exact) mass is 438 g/mol. The summed E-state index contributed by atoms with van der Waals surface area (Å²) in [5.74, 6) is 0.317. The number of hydrogen-bond donors (Lipinski definition) is 0. The molecule has 1 aliphatic rings. The van der Waals surface area contributed by atoms with Gasteiger partial charge in [-0.1, -0.05) is 18.2 Å². The van der Waals surface area contributed by atoms with Crippen LogP contribution >= 0.6 is 0 Å². The van der Waals surface area contributed by atoms with Crippen molar-refractivity contribution in [3.63, 3.8) is 0 Å². The molecule has 3 aromatic heterocycles.